The Morgan fingerprint density at radius 3 is 2.15 bits per heavy atom. The van der Waals surface area contributed by atoms with E-state index in [2.05, 4.69) is 15.9 Å². The number of hydrogen-bond acceptors (Lipinski definition) is 4. The fourth-order valence-corrected chi connectivity index (χ4v) is 3.70. The molecule has 6 heteroatoms. The predicted octanol–water partition coefficient (Wildman–Crippen LogP) is 2.93. The van der Waals surface area contributed by atoms with E-state index in [4.69, 9.17) is 5.73 Å². The van der Waals surface area contributed by atoms with Gasteiger partial charge in [0, 0.05) is 29.9 Å². The molecule has 0 atom stereocenters. The van der Waals surface area contributed by atoms with Crippen LogP contribution in [-0.4, -0.2) is 22.5 Å². The summed E-state index contributed by atoms with van der Waals surface area (Å²) in [5.41, 5.74) is 6.94. The molecule has 2 aromatic rings. The van der Waals surface area contributed by atoms with Crippen LogP contribution in [0.3, 0.4) is 0 Å². The van der Waals surface area contributed by atoms with Crippen LogP contribution >= 0.6 is 15.9 Å². The number of nitrogens with zero attached hydrogens (tertiary/aromatic N) is 1. The molecule has 0 bridgehead atoms. The van der Waals surface area contributed by atoms with Crippen LogP contribution in [0.4, 0.5) is 11.4 Å². The van der Waals surface area contributed by atoms with E-state index in [0.29, 0.717) is 5.69 Å². The minimum absolute atomic E-state index is 0.231. The van der Waals surface area contributed by atoms with Gasteiger partial charge in [-0.05, 0) is 42.5 Å². The Labute approximate surface area is 127 Å². The highest BCUT2D eigenvalue weighted by Crippen LogP contribution is 2.28. The molecule has 2 rings (SSSR count). The van der Waals surface area contributed by atoms with Crippen molar-refractivity contribution in [1.29, 1.82) is 0 Å². The van der Waals surface area contributed by atoms with E-state index in [1.807, 2.05) is 25.1 Å². The number of nitrogen functional groups attached to an aromatic ring is 1. The average Bonchev–Trinajstić information content (AvgIpc) is 2.38. The number of halogens is 1. The average molecular weight is 355 g/mol. The minimum Gasteiger partial charge on any atom is -0.399 e. The van der Waals surface area contributed by atoms with Gasteiger partial charge in [0.15, 0.2) is 0 Å². The fraction of sp³-hybridized carbons (Fsp3) is 0.143. The largest absolute Gasteiger partial charge is 0.399 e. The molecule has 0 saturated carbocycles. The van der Waals surface area contributed by atoms with E-state index in [0.717, 1.165) is 10.2 Å². The zero-order valence-electron chi connectivity index (χ0n) is 11.2. The predicted molar refractivity (Wildman–Crippen MR) is 84.8 cm³/mol. The zero-order valence-corrected chi connectivity index (χ0v) is 13.6. The summed E-state index contributed by atoms with van der Waals surface area (Å²) in [5.74, 6) is 0. The van der Waals surface area contributed by atoms with E-state index in [9.17, 15) is 8.42 Å². The Balaban J connectivity index is 2.57. The Morgan fingerprint density at radius 1 is 1.00 bits per heavy atom. The molecule has 0 aromatic heterocycles. The molecule has 0 saturated heterocycles. The topological polar surface area (TPSA) is 63.4 Å². The van der Waals surface area contributed by atoms with E-state index in [-0.39, 0.29) is 9.79 Å². The number of anilines is 2. The maximum Gasteiger partial charge on any atom is 0.206 e. The molecule has 0 fully saturated rings. The first-order valence-corrected chi connectivity index (χ1v) is 8.17. The van der Waals surface area contributed by atoms with Crippen molar-refractivity contribution >= 4 is 37.1 Å². The molecular formula is C14H15BrN2O2S. The first-order chi connectivity index (χ1) is 9.30. The van der Waals surface area contributed by atoms with Gasteiger partial charge in [-0.1, -0.05) is 15.9 Å². The number of sulfone groups is 1. The maximum atomic E-state index is 12.6. The SMILES string of the molecule is CN(C)c1cc(Br)cc(S(=O)(=O)c2ccc(N)cc2)c1. The molecule has 0 aliphatic rings. The number of rotatable bonds is 3. The van der Waals surface area contributed by atoms with E-state index in [1.54, 1.807) is 24.3 Å². The summed E-state index contributed by atoms with van der Waals surface area (Å²) in [5, 5.41) is 0. The van der Waals surface area contributed by atoms with Crippen molar-refractivity contribution in [3.63, 3.8) is 0 Å². The highest BCUT2D eigenvalue weighted by molar-refractivity contribution is 9.10. The van der Waals surface area contributed by atoms with Crippen LogP contribution in [0.15, 0.2) is 56.7 Å². The van der Waals surface area contributed by atoms with Crippen LogP contribution in [0, 0.1) is 0 Å². The van der Waals surface area contributed by atoms with Gasteiger partial charge in [0.1, 0.15) is 0 Å². The molecule has 0 aliphatic heterocycles. The minimum atomic E-state index is -3.55. The zero-order chi connectivity index (χ0) is 14.9. The summed E-state index contributed by atoms with van der Waals surface area (Å²) < 4.78 is 25.9. The van der Waals surface area contributed by atoms with Gasteiger partial charge in [-0.25, -0.2) is 8.42 Å². The molecule has 20 heavy (non-hydrogen) atoms. The summed E-state index contributed by atoms with van der Waals surface area (Å²) in [6.45, 7) is 0. The normalized spacial score (nSPS) is 11.3. The number of hydrogen-bond donors (Lipinski definition) is 1. The Morgan fingerprint density at radius 2 is 1.60 bits per heavy atom. The molecule has 0 spiro atoms. The van der Waals surface area contributed by atoms with E-state index < -0.39 is 9.84 Å². The van der Waals surface area contributed by atoms with Gasteiger partial charge in [-0.15, -0.1) is 0 Å². The molecular weight excluding hydrogens is 340 g/mol. The summed E-state index contributed by atoms with van der Waals surface area (Å²) in [7, 11) is 0.178. The smallest absolute Gasteiger partial charge is 0.206 e. The molecule has 0 amide bonds. The van der Waals surface area contributed by atoms with Crippen LogP contribution in [0.2, 0.25) is 0 Å². The molecule has 2 N–H and O–H groups in total. The van der Waals surface area contributed by atoms with Crippen molar-refractivity contribution in [3.05, 3.63) is 46.9 Å². The second-order valence-corrected chi connectivity index (χ2v) is 7.48. The lowest BCUT2D eigenvalue weighted by atomic mass is 10.3. The van der Waals surface area contributed by atoms with Gasteiger partial charge in [-0.3, -0.25) is 0 Å². The summed E-state index contributed by atoms with van der Waals surface area (Å²) in [4.78, 5) is 2.34. The lowest BCUT2D eigenvalue weighted by Gasteiger charge is -2.15. The Hall–Kier alpha value is -1.53. The first-order valence-electron chi connectivity index (χ1n) is 5.89. The molecule has 0 aliphatic carbocycles. The van der Waals surface area contributed by atoms with Gasteiger partial charge in [-0.2, -0.15) is 0 Å². The van der Waals surface area contributed by atoms with Crippen molar-refractivity contribution in [2.75, 3.05) is 24.7 Å². The maximum absolute atomic E-state index is 12.6. The van der Waals surface area contributed by atoms with E-state index in [1.165, 1.54) is 12.1 Å². The molecule has 0 radical (unpaired) electrons. The molecule has 2 aromatic carbocycles. The second-order valence-electron chi connectivity index (χ2n) is 4.61. The highest BCUT2D eigenvalue weighted by Gasteiger charge is 2.19. The van der Waals surface area contributed by atoms with Gasteiger partial charge in [0.05, 0.1) is 9.79 Å². The van der Waals surface area contributed by atoms with Gasteiger partial charge in [0.2, 0.25) is 9.84 Å². The molecule has 0 heterocycles. The van der Waals surface area contributed by atoms with E-state index >= 15 is 0 Å². The van der Waals surface area contributed by atoms with Crippen molar-refractivity contribution in [3.8, 4) is 0 Å². The third kappa shape index (κ3) is 2.96. The van der Waals surface area contributed by atoms with Crippen LogP contribution in [0.25, 0.3) is 0 Å². The molecule has 0 unspecified atom stereocenters. The van der Waals surface area contributed by atoms with Crippen LogP contribution in [0.5, 0.6) is 0 Å². The standard InChI is InChI=1S/C14H15BrN2O2S/c1-17(2)12-7-10(15)8-14(9-12)20(18,19)13-5-3-11(16)4-6-13/h3-9H,16H2,1-2H3. The van der Waals surface area contributed by atoms with Crippen molar-refractivity contribution in [2.45, 2.75) is 9.79 Å². The molecule has 106 valence electrons. The van der Waals surface area contributed by atoms with Gasteiger partial charge >= 0.3 is 0 Å². The number of benzene rings is 2. The highest BCUT2D eigenvalue weighted by atomic mass is 79.9. The van der Waals surface area contributed by atoms with Crippen molar-refractivity contribution < 1.29 is 8.42 Å². The quantitative estimate of drug-likeness (QED) is 0.860. The van der Waals surface area contributed by atoms with Crippen LogP contribution in [0.1, 0.15) is 0 Å². The second kappa shape index (κ2) is 5.46. The molecule has 4 nitrogen and oxygen atoms in total. The summed E-state index contributed by atoms with van der Waals surface area (Å²) >= 11 is 3.35. The first kappa shape index (κ1) is 14.9. The summed E-state index contributed by atoms with van der Waals surface area (Å²) in [6, 6.07) is 11.3. The fourth-order valence-electron chi connectivity index (χ4n) is 1.74. The van der Waals surface area contributed by atoms with Gasteiger partial charge < -0.3 is 10.6 Å². The Bertz CT molecular complexity index is 725. The van der Waals surface area contributed by atoms with Crippen LogP contribution < -0.4 is 10.6 Å². The third-order valence-electron chi connectivity index (χ3n) is 2.87. The Kier molecular flexibility index (Phi) is 4.06. The van der Waals surface area contributed by atoms with Crippen LogP contribution in [-0.2, 0) is 9.84 Å². The van der Waals surface area contributed by atoms with Crippen molar-refractivity contribution in [2.24, 2.45) is 0 Å². The lowest BCUT2D eigenvalue weighted by molar-refractivity contribution is 0.596. The summed E-state index contributed by atoms with van der Waals surface area (Å²) in [6.07, 6.45) is 0. The monoisotopic (exact) mass is 354 g/mol. The van der Waals surface area contributed by atoms with Crippen molar-refractivity contribution in [1.82, 2.24) is 0 Å². The van der Waals surface area contributed by atoms with Gasteiger partial charge in [0.25, 0.3) is 0 Å². The lowest BCUT2D eigenvalue weighted by Crippen LogP contribution is -2.10. The number of nitrogens with two attached hydrogens (primary N) is 1. The third-order valence-corrected chi connectivity index (χ3v) is 5.08.